The lowest BCUT2D eigenvalue weighted by molar-refractivity contribution is -0.385. The number of nitro groups is 2. The van der Waals surface area contributed by atoms with Crippen molar-refractivity contribution >= 4 is 17.2 Å². The molecular formula is C16H8N4O5. The molecule has 0 radical (unpaired) electrons. The first kappa shape index (κ1) is 17.2. The summed E-state index contributed by atoms with van der Waals surface area (Å²) in [7, 11) is 0. The number of Topliss-reactive ketones (excluding diaryl/α,β-unsaturated/α-hetero) is 1. The average molecular weight is 336 g/mol. The summed E-state index contributed by atoms with van der Waals surface area (Å²) >= 11 is 0. The van der Waals surface area contributed by atoms with Crippen molar-refractivity contribution < 1.29 is 14.6 Å². The fourth-order valence-corrected chi connectivity index (χ4v) is 2.22. The first-order valence-electron chi connectivity index (χ1n) is 6.72. The molecule has 0 saturated heterocycles. The molecule has 0 atom stereocenters. The zero-order chi connectivity index (χ0) is 18.6. The summed E-state index contributed by atoms with van der Waals surface area (Å²) in [6.45, 7) is 0. The largest absolute Gasteiger partial charge is 0.291 e. The van der Waals surface area contributed by atoms with Gasteiger partial charge in [0, 0.05) is 35.4 Å². The van der Waals surface area contributed by atoms with Gasteiger partial charge < -0.3 is 0 Å². The Kier molecular flexibility index (Phi) is 4.53. The summed E-state index contributed by atoms with van der Waals surface area (Å²) in [5.41, 5.74) is -3.53. The number of nitro benzene ring substituents is 2. The molecule has 0 heterocycles. The summed E-state index contributed by atoms with van der Waals surface area (Å²) in [4.78, 5) is 33.0. The van der Waals surface area contributed by atoms with Crippen LogP contribution >= 0.6 is 0 Å². The van der Waals surface area contributed by atoms with E-state index in [0.717, 1.165) is 24.3 Å². The maximum Gasteiger partial charge on any atom is 0.270 e. The van der Waals surface area contributed by atoms with Crippen molar-refractivity contribution in [3.63, 3.8) is 0 Å². The lowest BCUT2D eigenvalue weighted by Gasteiger charge is -2.17. The van der Waals surface area contributed by atoms with E-state index < -0.39 is 21.0 Å². The molecule has 0 unspecified atom stereocenters. The minimum atomic E-state index is -2.36. The van der Waals surface area contributed by atoms with E-state index in [4.69, 9.17) is 0 Å². The van der Waals surface area contributed by atoms with E-state index in [1.165, 1.54) is 24.3 Å². The third-order valence-electron chi connectivity index (χ3n) is 3.49. The third kappa shape index (κ3) is 3.02. The normalized spacial score (nSPS) is 10.3. The molecular weight excluding hydrogens is 328 g/mol. The Hall–Kier alpha value is -4.11. The van der Waals surface area contributed by atoms with Crippen LogP contribution in [0.4, 0.5) is 11.4 Å². The number of ketones is 1. The minimum absolute atomic E-state index is 0.178. The lowest BCUT2D eigenvalue weighted by atomic mass is 9.76. The first-order valence-corrected chi connectivity index (χ1v) is 6.72. The van der Waals surface area contributed by atoms with E-state index >= 15 is 0 Å². The van der Waals surface area contributed by atoms with Gasteiger partial charge >= 0.3 is 0 Å². The van der Waals surface area contributed by atoms with Gasteiger partial charge in [-0.1, -0.05) is 24.3 Å². The predicted octanol–water partition coefficient (Wildman–Crippen LogP) is 2.67. The van der Waals surface area contributed by atoms with Crippen LogP contribution in [0.5, 0.6) is 0 Å². The van der Waals surface area contributed by atoms with Gasteiger partial charge in [0.15, 0.2) is 0 Å². The Bertz CT molecular complexity index is 957. The van der Waals surface area contributed by atoms with Crippen molar-refractivity contribution in [2.45, 2.75) is 5.41 Å². The summed E-state index contributed by atoms with van der Waals surface area (Å²) in [6.07, 6.45) is 0. The quantitative estimate of drug-likeness (QED) is 0.462. The second-order valence-electron chi connectivity index (χ2n) is 4.92. The minimum Gasteiger partial charge on any atom is -0.291 e. The van der Waals surface area contributed by atoms with E-state index in [0.29, 0.717) is 0 Å². The molecule has 0 amide bonds. The topological polar surface area (TPSA) is 151 Å². The lowest BCUT2D eigenvalue weighted by Crippen LogP contribution is -2.33. The Labute approximate surface area is 140 Å². The number of benzene rings is 2. The van der Waals surface area contributed by atoms with E-state index in [9.17, 15) is 35.5 Å². The van der Waals surface area contributed by atoms with Gasteiger partial charge in [-0.15, -0.1) is 0 Å². The zero-order valence-electron chi connectivity index (χ0n) is 12.4. The number of hydrogen-bond acceptors (Lipinski definition) is 7. The molecule has 0 N–H and O–H groups in total. The summed E-state index contributed by atoms with van der Waals surface area (Å²) in [5.74, 6) is -0.998. The molecule has 9 heteroatoms. The van der Waals surface area contributed by atoms with Crippen molar-refractivity contribution in [2.75, 3.05) is 0 Å². The van der Waals surface area contributed by atoms with E-state index in [-0.39, 0.29) is 22.5 Å². The molecule has 0 fully saturated rings. The van der Waals surface area contributed by atoms with Crippen molar-refractivity contribution in [1.29, 1.82) is 10.5 Å². The third-order valence-corrected chi connectivity index (χ3v) is 3.49. The fraction of sp³-hybridized carbons (Fsp3) is 0.0625. The van der Waals surface area contributed by atoms with Crippen LogP contribution in [0.3, 0.4) is 0 Å². The molecule has 122 valence electrons. The van der Waals surface area contributed by atoms with Gasteiger partial charge in [-0.3, -0.25) is 25.0 Å². The van der Waals surface area contributed by atoms with Crippen molar-refractivity contribution in [2.24, 2.45) is 0 Å². The molecule has 0 saturated carbocycles. The van der Waals surface area contributed by atoms with Gasteiger partial charge in [0.25, 0.3) is 11.4 Å². The molecule has 0 aliphatic heterocycles. The fourth-order valence-electron chi connectivity index (χ4n) is 2.22. The second-order valence-corrected chi connectivity index (χ2v) is 4.92. The van der Waals surface area contributed by atoms with E-state index in [1.54, 1.807) is 12.1 Å². The number of carbonyl (C=O) groups excluding carboxylic acids is 1. The second kappa shape index (κ2) is 6.56. The highest BCUT2D eigenvalue weighted by Gasteiger charge is 2.43. The van der Waals surface area contributed by atoms with Gasteiger partial charge in [0.1, 0.15) is 0 Å². The number of carbonyl (C=O) groups is 1. The van der Waals surface area contributed by atoms with Gasteiger partial charge in [-0.25, -0.2) is 0 Å². The number of hydrogen-bond donors (Lipinski definition) is 0. The highest BCUT2D eigenvalue weighted by Crippen LogP contribution is 2.31. The van der Waals surface area contributed by atoms with Gasteiger partial charge in [-0.05, 0) is 0 Å². The molecule has 9 nitrogen and oxygen atoms in total. The summed E-state index contributed by atoms with van der Waals surface area (Å²) in [5, 5.41) is 40.7. The molecule has 0 aliphatic rings. The number of rotatable bonds is 5. The zero-order valence-corrected chi connectivity index (χ0v) is 12.4. The first-order chi connectivity index (χ1) is 11.9. The van der Waals surface area contributed by atoms with Crippen LogP contribution in [-0.2, 0) is 5.41 Å². The molecule has 0 bridgehead atoms. The highest BCUT2D eigenvalue weighted by molar-refractivity contribution is 6.08. The Morgan fingerprint density at radius 1 is 0.920 bits per heavy atom. The van der Waals surface area contributed by atoms with E-state index in [1.807, 2.05) is 0 Å². The Morgan fingerprint density at radius 3 is 1.96 bits per heavy atom. The summed E-state index contributed by atoms with van der Waals surface area (Å²) < 4.78 is 0. The van der Waals surface area contributed by atoms with Crippen LogP contribution in [0.25, 0.3) is 0 Å². The number of nitrogens with zero attached hydrogens (tertiary/aromatic N) is 4. The van der Waals surface area contributed by atoms with Crippen LogP contribution in [0, 0.1) is 42.9 Å². The van der Waals surface area contributed by atoms with Crippen LogP contribution in [-0.4, -0.2) is 15.6 Å². The highest BCUT2D eigenvalue weighted by atomic mass is 16.6. The maximum absolute atomic E-state index is 12.7. The standard InChI is InChI=1S/C16H8N4O5/c17-9-16(10-18,12-4-2-6-14(8-12)20(24)25)15(21)11-3-1-5-13(7-11)19(22)23/h1-8H. The van der Waals surface area contributed by atoms with Gasteiger partial charge in [0.2, 0.25) is 11.2 Å². The molecule has 0 spiro atoms. The van der Waals surface area contributed by atoms with Gasteiger partial charge in [-0.2, -0.15) is 10.5 Å². The van der Waals surface area contributed by atoms with Crippen molar-refractivity contribution in [3.05, 3.63) is 79.9 Å². The van der Waals surface area contributed by atoms with Crippen LogP contribution < -0.4 is 0 Å². The van der Waals surface area contributed by atoms with Crippen LogP contribution in [0.2, 0.25) is 0 Å². The SMILES string of the molecule is N#CC(C#N)(C(=O)c1cccc([N+](=O)[O-])c1)c1cccc([N+](=O)[O-])c1. The predicted molar refractivity (Wildman–Crippen MR) is 83.4 cm³/mol. The Balaban J connectivity index is 2.63. The molecule has 25 heavy (non-hydrogen) atoms. The molecule has 2 aromatic carbocycles. The van der Waals surface area contributed by atoms with Crippen LogP contribution in [0.1, 0.15) is 15.9 Å². The van der Waals surface area contributed by atoms with Gasteiger partial charge in [0.05, 0.1) is 22.0 Å². The number of non-ortho nitro benzene ring substituents is 2. The molecule has 0 aromatic heterocycles. The number of nitriles is 2. The van der Waals surface area contributed by atoms with Crippen LogP contribution in [0.15, 0.2) is 48.5 Å². The monoisotopic (exact) mass is 336 g/mol. The average Bonchev–Trinajstić information content (AvgIpc) is 2.63. The van der Waals surface area contributed by atoms with Crippen molar-refractivity contribution in [1.82, 2.24) is 0 Å². The summed E-state index contributed by atoms with van der Waals surface area (Å²) in [6, 6.07) is 12.4. The maximum atomic E-state index is 12.7. The molecule has 0 aliphatic carbocycles. The Morgan fingerprint density at radius 2 is 1.44 bits per heavy atom. The molecule has 2 rings (SSSR count). The smallest absolute Gasteiger partial charge is 0.270 e. The van der Waals surface area contributed by atoms with Crippen molar-refractivity contribution in [3.8, 4) is 12.1 Å². The van der Waals surface area contributed by atoms with E-state index in [2.05, 4.69) is 0 Å². The molecule has 2 aromatic rings.